The van der Waals surface area contributed by atoms with Crippen molar-refractivity contribution >= 4 is 0 Å². The molecule has 0 spiro atoms. The molecule has 2 N–H and O–H groups in total. The highest BCUT2D eigenvalue weighted by molar-refractivity contribution is 5.62. The molecule has 0 fully saturated rings. The van der Waals surface area contributed by atoms with Crippen molar-refractivity contribution in [3.8, 4) is 11.3 Å². The van der Waals surface area contributed by atoms with Gasteiger partial charge < -0.3 is 10.0 Å². The highest BCUT2D eigenvalue weighted by Crippen LogP contribution is 2.24. The van der Waals surface area contributed by atoms with Crippen molar-refractivity contribution < 1.29 is 5.11 Å². The highest BCUT2D eigenvalue weighted by atomic mass is 16.3. The van der Waals surface area contributed by atoms with Crippen molar-refractivity contribution in [3.05, 3.63) is 59.5 Å². The molecule has 2 aromatic heterocycles. The van der Waals surface area contributed by atoms with E-state index in [1.807, 2.05) is 43.4 Å². The number of aliphatic hydroxyl groups is 1. The zero-order chi connectivity index (χ0) is 19.5. The summed E-state index contributed by atoms with van der Waals surface area (Å²) < 4.78 is 2.06. The number of fused-ring (bicyclic) bond motifs is 1. The number of hydrogen-bond donors (Lipinski definition) is 2. The van der Waals surface area contributed by atoms with Crippen LogP contribution in [0.2, 0.25) is 0 Å². The number of aliphatic hydroxyl groups excluding tert-OH is 1. The fourth-order valence-corrected chi connectivity index (χ4v) is 3.81. The first-order valence-electron chi connectivity index (χ1n) is 9.79. The maximum absolute atomic E-state index is 10.4. The molecule has 7 heteroatoms. The molecule has 1 aliphatic rings. The average molecular weight is 380 g/mol. The van der Waals surface area contributed by atoms with Crippen LogP contribution < -0.4 is 0 Å². The molecule has 4 rings (SSSR count). The number of nitrogens with zero attached hydrogens (tertiary/aromatic N) is 5. The number of likely N-dealkylation sites (N-methyl/N-ethyl adjacent to an activating group) is 1. The predicted octanol–water partition coefficient (Wildman–Crippen LogP) is 2.27. The van der Waals surface area contributed by atoms with Crippen LogP contribution in [0.25, 0.3) is 11.3 Å². The summed E-state index contributed by atoms with van der Waals surface area (Å²) in [5.74, 6) is 0. The number of nitrogens with one attached hydrogen (secondary N) is 1. The maximum atomic E-state index is 10.4. The van der Waals surface area contributed by atoms with Crippen LogP contribution in [0.15, 0.2) is 42.6 Å². The fourth-order valence-electron chi connectivity index (χ4n) is 3.81. The zero-order valence-electron chi connectivity index (χ0n) is 16.5. The van der Waals surface area contributed by atoms with Crippen molar-refractivity contribution in [2.75, 3.05) is 27.2 Å². The minimum Gasteiger partial charge on any atom is -0.385 e. The van der Waals surface area contributed by atoms with Gasteiger partial charge in [0, 0.05) is 38.3 Å². The monoisotopic (exact) mass is 380 g/mol. The van der Waals surface area contributed by atoms with Crippen molar-refractivity contribution in [2.45, 2.75) is 32.2 Å². The number of aromatic nitrogens is 4. The van der Waals surface area contributed by atoms with Gasteiger partial charge in [-0.05, 0) is 32.1 Å². The van der Waals surface area contributed by atoms with Gasteiger partial charge in [-0.15, -0.1) is 0 Å². The molecule has 1 atom stereocenters. The standard InChI is InChI=1S/C21H28N6O/c1-25(2)15-20(28)19-11-18-14-26(9-6-10-27(18)24-19)13-17-12-22-23-21(17)16-7-4-3-5-8-16/h3-5,7-8,11-12,20,28H,6,9-10,13-15H2,1-2H3,(H,22,23)/t20-/m0/s1. The average Bonchev–Trinajstić information content (AvgIpc) is 3.25. The van der Waals surface area contributed by atoms with Crippen LogP contribution in [0.5, 0.6) is 0 Å². The van der Waals surface area contributed by atoms with Gasteiger partial charge in [0.15, 0.2) is 0 Å². The van der Waals surface area contributed by atoms with E-state index >= 15 is 0 Å². The minimum atomic E-state index is -0.554. The zero-order valence-corrected chi connectivity index (χ0v) is 16.5. The smallest absolute Gasteiger partial charge is 0.110 e. The normalized spacial score (nSPS) is 16.1. The first kappa shape index (κ1) is 18.9. The first-order valence-corrected chi connectivity index (χ1v) is 9.79. The van der Waals surface area contributed by atoms with Crippen LogP contribution in [0.1, 0.15) is 29.5 Å². The highest BCUT2D eigenvalue weighted by Gasteiger charge is 2.21. The van der Waals surface area contributed by atoms with Crippen LogP contribution >= 0.6 is 0 Å². The lowest BCUT2D eigenvalue weighted by Crippen LogP contribution is -2.23. The van der Waals surface area contributed by atoms with E-state index in [0.29, 0.717) is 6.54 Å². The summed E-state index contributed by atoms with van der Waals surface area (Å²) in [5, 5.41) is 22.5. The molecule has 0 unspecified atom stereocenters. The molecule has 148 valence electrons. The lowest BCUT2D eigenvalue weighted by atomic mass is 10.1. The molecule has 1 aromatic carbocycles. The summed E-state index contributed by atoms with van der Waals surface area (Å²) in [6.45, 7) is 4.13. The van der Waals surface area contributed by atoms with E-state index in [1.165, 1.54) is 5.56 Å². The van der Waals surface area contributed by atoms with E-state index in [9.17, 15) is 5.11 Å². The Kier molecular flexibility index (Phi) is 5.57. The molecule has 0 saturated heterocycles. The molecule has 7 nitrogen and oxygen atoms in total. The summed E-state index contributed by atoms with van der Waals surface area (Å²) in [5.41, 5.74) is 5.37. The molecule has 1 aliphatic heterocycles. The Balaban J connectivity index is 1.50. The number of H-pyrrole nitrogens is 1. The van der Waals surface area contributed by atoms with Crippen LogP contribution in [0, 0.1) is 0 Å². The number of aromatic amines is 1. The number of hydrogen-bond acceptors (Lipinski definition) is 5. The fraction of sp³-hybridized carbons (Fsp3) is 0.429. The third kappa shape index (κ3) is 4.16. The quantitative estimate of drug-likeness (QED) is 0.686. The SMILES string of the molecule is CN(C)C[C@H](O)c1cc2n(n1)CCCN(Cc1cn[nH]c1-c1ccccc1)C2. The molecule has 0 aliphatic carbocycles. The minimum absolute atomic E-state index is 0.554. The molecular weight excluding hydrogens is 352 g/mol. The van der Waals surface area contributed by atoms with Gasteiger partial charge in [-0.25, -0.2) is 0 Å². The molecule has 0 amide bonds. The molecule has 3 aromatic rings. The van der Waals surface area contributed by atoms with E-state index < -0.39 is 6.10 Å². The van der Waals surface area contributed by atoms with Gasteiger partial charge in [-0.2, -0.15) is 10.2 Å². The van der Waals surface area contributed by atoms with Crippen molar-refractivity contribution in [1.29, 1.82) is 0 Å². The summed E-state index contributed by atoms with van der Waals surface area (Å²) in [4.78, 5) is 4.41. The van der Waals surface area contributed by atoms with E-state index in [0.717, 1.165) is 55.2 Å². The molecule has 0 bridgehead atoms. The third-order valence-corrected chi connectivity index (χ3v) is 5.17. The largest absolute Gasteiger partial charge is 0.385 e. The lowest BCUT2D eigenvalue weighted by molar-refractivity contribution is 0.133. The molecular formula is C21H28N6O. The maximum Gasteiger partial charge on any atom is 0.110 e. The Labute approximate surface area is 165 Å². The van der Waals surface area contributed by atoms with Gasteiger partial charge in [0.1, 0.15) is 6.10 Å². The van der Waals surface area contributed by atoms with Gasteiger partial charge in [-0.3, -0.25) is 14.7 Å². The Morgan fingerprint density at radius 1 is 1.21 bits per heavy atom. The number of rotatable bonds is 6. The van der Waals surface area contributed by atoms with E-state index in [2.05, 4.69) is 43.1 Å². The second-order valence-corrected chi connectivity index (χ2v) is 7.76. The second-order valence-electron chi connectivity index (χ2n) is 7.76. The number of aryl methyl sites for hydroxylation is 1. The second kappa shape index (κ2) is 8.26. The Morgan fingerprint density at radius 2 is 2.04 bits per heavy atom. The Morgan fingerprint density at radius 3 is 2.82 bits per heavy atom. The van der Waals surface area contributed by atoms with Crippen molar-refractivity contribution in [2.24, 2.45) is 0 Å². The van der Waals surface area contributed by atoms with E-state index in [1.54, 1.807) is 0 Å². The first-order chi connectivity index (χ1) is 13.6. The molecule has 3 heterocycles. The van der Waals surface area contributed by atoms with Crippen molar-refractivity contribution in [3.63, 3.8) is 0 Å². The topological polar surface area (TPSA) is 73.2 Å². The summed E-state index contributed by atoms with van der Waals surface area (Å²) in [6.07, 6.45) is 2.41. The van der Waals surface area contributed by atoms with Gasteiger partial charge in [0.25, 0.3) is 0 Å². The van der Waals surface area contributed by atoms with Gasteiger partial charge in [0.05, 0.1) is 23.3 Å². The molecule has 0 radical (unpaired) electrons. The lowest BCUT2D eigenvalue weighted by Gasteiger charge is -2.19. The predicted molar refractivity (Wildman–Crippen MR) is 108 cm³/mol. The van der Waals surface area contributed by atoms with E-state index in [-0.39, 0.29) is 0 Å². The van der Waals surface area contributed by atoms with Crippen molar-refractivity contribution in [1.82, 2.24) is 29.8 Å². The van der Waals surface area contributed by atoms with Crippen LogP contribution in [-0.4, -0.2) is 62.1 Å². The van der Waals surface area contributed by atoms with E-state index in [4.69, 9.17) is 0 Å². The Bertz CT molecular complexity index is 901. The van der Waals surface area contributed by atoms with Gasteiger partial charge in [-0.1, -0.05) is 30.3 Å². The molecule has 0 saturated carbocycles. The third-order valence-electron chi connectivity index (χ3n) is 5.17. The Hall–Kier alpha value is -2.48. The van der Waals surface area contributed by atoms with Crippen LogP contribution in [0.4, 0.5) is 0 Å². The number of benzene rings is 1. The van der Waals surface area contributed by atoms with Gasteiger partial charge >= 0.3 is 0 Å². The van der Waals surface area contributed by atoms with Gasteiger partial charge in [0.2, 0.25) is 0 Å². The van der Waals surface area contributed by atoms with Crippen LogP contribution in [-0.2, 0) is 19.6 Å². The summed E-state index contributed by atoms with van der Waals surface area (Å²) >= 11 is 0. The van der Waals surface area contributed by atoms with Crippen LogP contribution in [0.3, 0.4) is 0 Å². The molecule has 28 heavy (non-hydrogen) atoms. The summed E-state index contributed by atoms with van der Waals surface area (Å²) in [6, 6.07) is 12.4. The summed E-state index contributed by atoms with van der Waals surface area (Å²) in [7, 11) is 3.92.